The molecule has 2 aliphatic rings. The molecule has 1 heterocycles. The first kappa shape index (κ1) is 15.8. The number of nitrogens with one attached hydrogen (secondary N) is 1. The zero-order valence-electron chi connectivity index (χ0n) is 13.3. The zero-order valence-corrected chi connectivity index (χ0v) is 14.9. The molecule has 2 aliphatic carbocycles. The predicted molar refractivity (Wildman–Crippen MR) is 95.5 cm³/mol. The highest BCUT2D eigenvalue weighted by Crippen LogP contribution is 2.38. The summed E-state index contributed by atoms with van der Waals surface area (Å²) >= 11 is 1.15. The summed E-state index contributed by atoms with van der Waals surface area (Å²) in [5.41, 5.74) is 6.00. The number of sulfone groups is 1. The van der Waals surface area contributed by atoms with E-state index in [-0.39, 0.29) is 4.21 Å². The van der Waals surface area contributed by atoms with Crippen molar-refractivity contribution in [2.24, 2.45) is 0 Å². The molecule has 4 rings (SSSR count). The number of carbonyl (C=O) groups is 1. The number of thiophene rings is 1. The smallest absolute Gasteiger partial charge is 0.240 e. The maximum Gasteiger partial charge on any atom is 0.240 e. The van der Waals surface area contributed by atoms with Gasteiger partial charge in [0.15, 0.2) is 9.84 Å². The molecule has 1 amide bonds. The van der Waals surface area contributed by atoms with Gasteiger partial charge in [-0.15, -0.1) is 11.3 Å². The van der Waals surface area contributed by atoms with Gasteiger partial charge in [-0.25, -0.2) is 8.42 Å². The van der Waals surface area contributed by atoms with Crippen molar-refractivity contribution in [3.05, 3.63) is 45.8 Å². The van der Waals surface area contributed by atoms with Gasteiger partial charge in [-0.3, -0.25) is 4.79 Å². The molecule has 0 saturated carbocycles. The number of hydrogen-bond acceptors (Lipinski definition) is 4. The van der Waals surface area contributed by atoms with Crippen molar-refractivity contribution >= 4 is 32.8 Å². The third kappa shape index (κ3) is 2.78. The van der Waals surface area contributed by atoms with Crippen LogP contribution in [0.5, 0.6) is 0 Å². The van der Waals surface area contributed by atoms with Crippen LogP contribution in [0.3, 0.4) is 0 Å². The van der Waals surface area contributed by atoms with Crippen LogP contribution in [0.25, 0.3) is 0 Å². The zero-order chi connectivity index (χ0) is 16.7. The summed E-state index contributed by atoms with van der Waals surface area (Å²) in [6.45, 7) is 0. The van der Waals surface area contributed by atoms with Gasteiger partial charge in [0.1, 0.15) is 9.96 Å². The van der Waals surface area contributed by atoms with Gasteiger partial charge in [-0.05, 0) is 72.2 Å². The van der Waals surface area contributed by atoms with E-state index in [2.05, 4.69) is 11.4 Å². The van der Waals surface area contributed by atoms with Gasteiger partial charge < -0.3 is 5.32 Å². The van der Waals surface area contributed by atoms with E-state index in [1.54, 1.807) is 17.5 Å². The van der Waals surface area contributed by atoms with Gasteiger partial charge >= 0.3 is 0 Å². The molecule has 6 heteroatoms. The molecule has 1 aromatic carbocycles. The monoisotopic (exact) mass is 361 g/mol. The SMILES string of the molecule is O=C(CS(=O)(=O)c1cccs1)Nc1c2c(cc3c1CCC3)CCC2. The molecule has 24 heavy (non-hydrogen) atoms. The summed E-state index contributed by atoms with van der Waals surface area (Å²) in [6.07, 6.45) is 6.26. The normalized spacial score (nSPS) is 16.0. The number of rotatable bonds is 4. The molecule has 0 unspecified atom stereocenters. The molecule has 1 aromatic heterocycles. The van der Waals surface area contributed by atoms with Gasteiger partial charge in [0.25, 0.3) is 0 Å². The van der Waals surface area contributed by atoms with Crippen LogP contribution in [0, 0.1) is 0 Å². The van der Waals surface area contributed by atoms with Gasteiger partial charge in [0, 0.05) is 5.69 Å². The summed E-state index contributed by atoms with van der Waals surface area (Å²) in [5, 5.41) is 4.66. The highest BCUT2D eigenvalue weighted by atomic mass is 32.2. The Balaban J connectivity index is 1.61. The Labute approximate surface area is 145 Å². The lowest BCUT2D eigenvalue weighted by molar-refractivity contribution is -0.113. The number of amides is 1. The Morgan fingerprint density at radius 1 is 1.08 bits per heavy atom. The topological polar surface area (TPSA) is 63.2 Å². The van der Waals surface area contributed by atoms with Gasteiger partial charge in [0.05, 0.1) is 0 Å². The first-order chi connectivity index (χ1) is 11.5. The lowest BCUT2D eigenvalue weighted by atomic mass is 9.98. The fourth-order valence-electron chi connectivity index (χ4n) is 3.83. The second kappa shape index (κ2) is 6.01. The third-order valence-electron chi connectivity index (χ3n) is 4.86. The lowest BCUT2D eigenvalue weighted by Gasteiger charge is -2.16. The van der Waals surface area contributed by atoms with Crippen molar-refractivity contribution in [1.82, 2.24) is 0 Å². The minimum Gasteiger partial charge on any atom is -0.325 e. The fourth-order valence-corrected chi connectivity index (χ4v) is 6.05. The van der Waals surface area contributed by atoms with Crippen LogP contribution in [0.15, 0.2) is 27.8 Å². The number of aryl methyl sites for hydroxylation is 2. The number of fused-ring (bicyclic) bond motifs is 2. The van der Waals surface area contributed by atoms with E-state index in [4.69, 9.17) is 0 Å². The van der Waals surface area contributed by atoms with E-state index in [0.717, 1.165) is 55.5 Å². The summed E-state index contributed by atoms with van der Waals surface area (Å²) in [4.78, 5) is 12.4. The summed E-state index contributed by atoms with van der Waals surface area (Å²) in [5.74, 6) is -0.927. The third-order valence-corrected chi connectivity index (χ3v) is 7.96. The van der Waals surface area contributed by atoms with Crippen molar-refractivity contribution in [3.8, 4) is 0 Å². The standard InChI is InChI=1S/C18H19NO3S2/c20-16(11-24(21,22)17-8-3-9-23-17)19-18-14-6-1-4-12(14)10-13-5-2-7-15(13)18/h3,8-10H,1-2,4-7,11H2,(H,19,20). The van der Waals surface area contributed by atoms with Crippen LogP contribution >= 0.6 is 11.3 Å². The van der Waals surface area contributed by atoms with Gasteiger partial charge in [-0.2, -0.15) is 0 Å². The Hall–Kier alpha value is -1.66. The molecule has 0 radical (unpaired) electrons. The molecular formula is C18H19NO3S2. The molecule has 0 saturated heterocycles. The first-order valence-electron chi connectivity index (χ1n) is 8.27. The molecule has 1 N–H and O–H groups in total. The minimum atomic E-state index is -3.56. The van der Waals surface area contributed by atoms with E-state index in [1.807, 2.05) is 0 Å². The maximum absolute atomic E-state index is 12.4. The van der Waals surface area contributed by atoms with Crippen molar-refractivity contribution in [2.75, 3.05) is 11.1 Å². The van der Waals surface area contributed by atoms with Gasteiger partial charge in [-0.1, -0.05) is 12.1 Å². The van der Waals surface area contributed by atoms with E-state index in [1.165, 1.54) is 22.3 Å². The molecule has 0 fully saturated rings. The van der Waals surface area contributed by atoms with Crippen LogP contribution in [0.4, 0.5) is 5.69 Å². The highest BCUT2D eigenvalue weighted by molar-refractivity contribution is 7.94. The van der Waals surface area contributed by atoms with Crippen LogP contribution in [-0.4, -0.2) is 20.1 Å². The molecule has 0 aliphatic heterocycles. The Bertz CT molecular complexity index is 867. The van der Waals surface area contributed by atoms with E-state index >= 15 is 0 Å². The Kier molecular flexibility index (Phi) is 3.96. The minimum absolute atomic E-state index is 0.251. The van der Waals surface area contributed by atoms with Crippen LogP contribution in [0.1, 0.15) is 35.1 Å². The molecular weight excluding hydrogens is 342 g/mol. The Morgan fingerprint density at radius 3 is 2.33 bits per heavy atom. The second-order valence-corrected chi connectivity index (χ2v) is 9.64. The quantitative estimate of drug-likeness (QED) is 0.910. The predicted octanol–water partition coefficient (Wildman–Crippen LogP) is 3.14. The molecule has 2 aromatic rings. The van der Waals surface area contributed by atoms with Crippen molar-refractivity contribution < 1.29 is 13.2 Å². The molecule has 126 valence electrons. The number of benzene rings is 1. The lowest BCUT2D eigenvalue weighted by Crippen LogP contribution is -2.24. The van der Waals surface area contributed by atoms with Crippen LogP contribution < -0.4 is 5.32 Å². The molecule has 0 atom stereocenters. The maximum atomic E-state index is 12.4. The van der Waals surface area contributed by atoms with Crippen molar-refractivity contribution in [3.63, 3.8) is 0 Å². The first-order valence-corrected chi connectivity index (χ1v) is 10.8. The van der Waals surface area contributed by atoms with E-state index in [0.29, 0.717) is 0 Å². The molecule has 0 bridgehead atoms. The highest BCUT2D eigenvalue weighted by Gasteiger charge is 2.27. The number of carbonyl (C=O) groups excluding carboxylic acids is 1. The molecule has 0 spiro atoms. The van der Waals surface area contributed by atoms with E-state index < -0.39 is 21.5 Å². The molecule has 4 nitrogen and oxygen atoms in total. The fraction of sp³-hybridized carbons (Fsp3) is 0.389. The van der Waals surface area contributed by atoms with E-state index in [9.17, 15) is 13.2 Å². The van der Waals surface area contributed by atoms with Crippen LogP contribution in [0.2, 0.25) is 0 Å². The van der Waals surface area contributed by atoms with Crippen LogP contribution in [-0.2, 0) is 40.3 Å². The largest absolute Gasteiger partial charge is 0.325 e. The average molecular weight is 361 g/mol. The number of hydrogen-bond donors (Lipinski definition) is 1. The summed E-state index contributed by atoms with van der Waals surface area (Å²) < 4.78 is 24.9. The summed E-state index contributed by atoms with van der Waals surface area (Å²) in [6, 6.07) is 5.53. The van der Waals surface area contributed by atoms with Crippen molar-refractivity contribution in [1.29, 1.82) is 0 Å². The number of anilines is 1. The van der Waals surface area contributed by atoms with Gasteiger partial charge in [0.2, 0.25) is 5.91 Å². The second-order valence-electron chi connectivity index (χ2n) is 6.47. The Morgan fingerprint density at radius 2 is 1.75 bits per heavy atom. The van der Waals surface area contributed by atoms with Crippen molar-refractivity contribution in [2.45, 2.75) is 42.7 Å². The average Bonchev–Trinajstić information content (AvgIpc) is 3.27. The summed E-state index contributed by atoms with van der Waals surface area (Å²) in [7, 11) is -3.56.